The van der Waals surface area contributed by atoms with Gasteiger partial charge in [-0.2, -0.15) is 0 Å². The monoisotopic (exact) mass is 403 g/mol. The molecule has 0 aliphatic carbocycles. The molecule has 1 aliphatic rings. The Labute approximate surface area is 167 Å². The molecule has 1 aliphatic heterocycles. The number of rotatable bonds is 7. The highest BCUT2D eigenvalue weighted by Crippen LogP contribution is 2.31. The summed E-state index contributed by atoms with van der Waals surface area (Å²) in [6.45, 7) is 3.97. The van der Waals surface area contributed by atoms with E-state index in [9.17, 15) is 4.79 Å². The van der Waals surface area contributed by atoms with Crippen LogP contribution in [0.25, 0.3) is 10.9 Å². The van der Waals surface area contributed by atoms with E-state index >= 15 is 0 Å². The zero-order valence-corrected chi connectivity index (χ0v) is 16.3. The third-order valence-corrected chi connectivity index (χ3v) is 5.05. The molecule has 1 saturated heterocycles. The van der Waals surface area contributed by atoms with Crippen molar-refractivity contribution in [3.05, 3.63) is 46.4 Å². The molecule has 148 valence electrons. The number of hydrogen-bond donors (Lipinski definition) is 2. The number of carbonyl (C=O) groups excluding carboxylic acids is 1. The predicted molar refractivity (Wildman–Crippen MR) is 104 cm³/mol. The number of benzene rings is 1. The number of ether oxygens (including phenoxy) is 2. The van der Waals surface area contributed by atoms with Gasteiger partial charge in [-0.05, 0) is 31.4 Å². The summed E-state index contributed by atoms with van der Waals surface area (Å²) >= 11 is 6.34. The highest BCUT2D eigenvalue weighted by Gasteiger charge is 2.19. The lowest BCUT2D eigenvalue weighted by Gasteiger charge is -2.07. The van der Waals surface area contributed by atoms with Crippen molar-refractivity contribution in [2.45, 2.75) is 32.9 Å². The molecular formula is C20H22ClN3O4. The second-order valence-corrected chi connectivity index (χ2v) is 7.51. The molecule has 0 saturated carbocycles. The fourth-order valence-electron chi connectivity index (χ4n) is 3.30. The van der Waals surface area contributed by atoms with Crippen molar-refractivity contribution in [3.8, 4) is 5.75 Å². The third-order valence-electron chi connectivity index (χ3n) is 4.75. The van der Waals surface area contributed by atoms with Gasteiger partial charge in [0.25, 0.3) is 0 Å². The van der Waals surface area contributed by atoms with E-state index in [1.54, 1.807) is 0 Å². The molecule has 28 heavy (non-hydrogen) atoms. The van der Waals surface area contributed by atoms with E-state index < -0.39 is 0 Å². The number of hydrogen-bond acceptors (Lipinski definition) is 5. The van der Waals surface area contributed by atoms with Crippen LogP contribution in [-0.4, -0.2) is 29.3 Å². The molecule has 3 aromatic rings. The van der Waals surface area contributed by atoms with Crippen LogP contribution in [0.1, 0.15) is 30.0 Å². The predicted octanol–water partition coefficient (Wildman–Crippen LogP) is 3.74. The van der Waals surface area contributed by atoms with Gasteiger partial charge in [-0.25, -0.2) is 0 Å². The first-order valence-corrected chi connectivity index (χ1v) is 9.65. The van der Waals surface area contributed by atoms with E-state index in [1.165, 1.54) is 0 Å². The average molecular weight is 404 g/mol. The Bertz CT molecular complexity index is 975. The van der Waals surface area contributed by atoms with Crippen LogP contribution in [-0.2, 0) is 22.7 Å². The Morgan fingerprint density at radius 2 is 2.29 bits per heavy atom. The van der Waals surface area contributed by atoms with Gasteiger partial charge in [-0.3, -0.25) is 4.79 Å². The normalized spacial score (nSPS) is 16.6. The Hall–Kier alpha value is -2.51. The molecule has 1 unspecified atom stereocenters. The second-order valence-electron chi connectivity index (χ2n) is 7.10. The summed E-state index contributed by atoms with van der Waals surface area (Å²) in [4.78, 5) is 15.4. The first-order chi connectivity index (χ1) is 13.6. The highest BCUT2D eigenvalue weighted by atomic mass is 35.5. The van der Waals surface area contributed by atoms with E-state index in [0.29, 0.717) is 42.0 Å². The summed E-state index contributed by atoms with van der Waals surface area (Å²) in [6, 6.07) is 7.49. The van der Waals surface area contributed by atoms with Gasteiger partial charge in [0.15, 0.2) is 5.76 Å². The van der Waals surface area contributed by atoms with Crippen molar-refractivity contribution in [1.82, 2.24) is 15.5 Å². The molecule has 3 heterocycles. The van der Waals surface area contributed by atoms with E-state index in [-0.39, 0.29) is 12.5 Å². The standard InChI is InChI=1S/C20H22ClN3O4/c1-12-4-16(28-24-12)11-27-19-8-18-14(7-17(19)21)6-15(23-18)9-22-20(25)5-13-2-3-26-10-13/h4,6-8,13,23H,2-3,5,9-11H2,1H3,(H,22,25). The minimum absolute atomic E-state index is 0.0403. The van der Waals surface area contributed by atoms with Crippen molar-refractivity contribution < 1.29 is 18.8 Å². The molecule has 1 atom stereocenters. The number of aryl methyl sites for hydroxylation is 1. The summed E-state index contributed by atoms with van der Waals surface area (Å²) in [5.74, 6) is 1.56. The molecule has 0 bridgehead atoms. The van der Waals surface area contributed by atoms with E-state index in [2.05, 4.69) is 15.5 Å². The van der Waals surface area contributed by atoms with Crippen molar-refractivity contribution in [3.63, 3.8) is 0 Å². The van der Waals surface area contributed by atoms with E-state index in [1.807, 2.05) is 31.2 Å². The molecule has 1 aromatic carbocycles. The van der Waals surface area contributed by atoms with Gasteiger partial charge >= 0.3 is 0 Å². The van der Waals surface area contributed by atoms with Crippen LogP contribution < -0.4 is 10.1 Å². The van der Waals surface area contributed by atoms with Gasteiger partial charge < -0.3 is 24.3 Å². The summed E-state index contributed by atoms with van der Waals surface area (Å²) in [7, 11) is 0. The molecular weight excluding hydrogens is 382 g/mol. The first-order valence-electron chi connectivity index (χ1n) is 9.27. The highest BCUT2D eigenvalue weighted by molar-refractivity contribution is 6.32. The van der Waals surface area contributed by atoms with Gasteiger partial charge in [-0.15, -0.1) is 0 Å². The maximum atomic E-state index is 12.1. The van der Waals surface area contributed by atoms with Crippen molar-refractivity contribution in [2.24, 2.45) is 5.92 Å². The summed E-state index contributed by atoms with van der Waals surface area (Å²) < 4.78 is 16.2. The molecule has 8 heteroatoms. The lowest BCUT2D eigenvalue weighted by molar-refractivity contribution is -0.122. The minimum atomic E-state index is 0.0403. The number of nitrogens with one attached hydrogen (secondary N) is 2. The number of carbonyl (C=O) groups is 1. The van der Waals surface area contributed by atoms with E-state index in [4.69, 9.17) is 25.6 Å². The largest absolute Gasteiger partial charge is 0.484 e. The number of amides is 1. The maximum Gasteiger partial charge on any atom is 0.220 e. The van der Waals surface area contributed by atoms with Crippen LogP contribution in [0.15, 0.2) is 28.8 Å². The fourth-order valence-corrected chi connectivity index (χ4v) is 3.53. The summed E-state index contributed by atoms with van der Waals surface area (Å²) in [5.41, 5.74) is 2.60. The molecule has 4 rings (SSSR count). The fraction of sp³-hybridized carbons (Fsp3) is 0.400. The lowest BCUT2D eigenvalue weighted by atomic mass is 10.1. The Morgan fingerprint density at radius 1 is 1.39 bits per heavy atom. The molecule has 1 amide bonds. The number of aromatic nitrogens is 2. The molecule has 7 nitrogen and oxygen atoms in total. The maximum absolute atomic E-state index is 12.1. The smallest absolute Gasteiger partial charge is 0.220 e. The van der Waals surface area contributed by atoms with Gasteiger partial charge in [0.1, 0.15) is 12.4 Å². The topological polar surface area (TPSA) is 89.4 Å². The van der Waals surface area contributed by atoms with Gasteiger partial charge in [0.2, 0.25) is 5.91 Å². The number of fused-ring (bicyclic) bond motifs is 1. The lowest BCUT2D eigenvalue weighted by Crippen LogP contribution is -2.25. The van der Waals surface area contributed by atoms with Crippen LogP contribution in [0.5, 0.6) is 5.75 Å². The van der Waals surface area contributed by atoms with E-state index in [0.717, 1.165) is 35.3 Å². The molecule has 1 fully saturated rings. The number of aromatic amines is 1. The van der Waals surface area contributed by atoms with Gasteiger partial charge in [0.05, 0.1) is 17.3 Å². The van der Waals surface area contributed by atoms with Crippen LogP contribution in [0.4, 0.5) is 0 Å². The molecule has 0 spiro atoms. The summed E-state index contributed by atoms with van der Waals surface area (Å²) in [5, 5.41) is 8.26. The second kappa shape index (κ2) is 8.24. The zero-order valence-electron chi connectivity index (χ0n) is 15.6. The summed E-state index contributed by atoms with van der Waals surface area (Å²) in [6.07, 6.45) is 1.46. The zero-order chi connectivity index (χ0) is 19.5. The molecule has 0 radical (unpaired) electrons. The van der Waals surface area contributed by atoms with Crippen molar-refractivity contribution in [2.75, 3.05) is 13.2 Å². The molecule has 2 N–H and O–H groups in total. The SMILES string of the molecule is Cc1cc(COc2cc3[nH]c(CNC(=O)CC4CCOC4)cc3cc2Cl)on1. The average Bonchev–Trinajstić information content (AvgIpc) is 3.39. The number of H-pyrrole nitrogens is 1. The third kappa shape index (κ3) is 4.48. The Kier molecular flexibility index (Phi) is 5.54. The van der Waals surface area contributed by atoms with Crippen LogP contribution >= 0.6 is 11.6 Å². The number of nitrogens with zero attached hydrogens (tertiary/aromatic N) is 1. The quantitative estimate of drug-likeness (QED) is 0.627. The number of halogens is 1. The Morgan fingerprint density at radius 3 is 3.04 bits per heavy atom. The van der Waals surface area contributed by atoms with Gasteiger partial charge in [-0.1, -0.05) is 16.8 Å². The van der Waals surface area contributed by atoms with Crippen LogP contribution in [0.2, 0.25) is 5.02 Å². The van der Waals surface area contributed by atoms with Gasteiger partial charge in [0, 0.05) is 48.4 Å². The van der Waals surface area contributed by atoms with Crippen molar-refractivity contribution >= 4 is 28.4 Å². The first kappa shape index (κ1) is 18.8. The van der Waals surface area contributed by atoms with Crippen LogP contribution in [0, 0.1) is 12.8 Å². The Balaban J connectivity index is 1.38. The van der Waals surface area contributed by atoms with Crippen molar-refractivity contribution in [1.29, 1.82) is 0 Å². The minimum Gasteiger partial charge on any atom is -0.484 e. The van der Waals surface area contributed by atoms with Crippen LogP contribution in [0.3, 0.4) is 0 Å². The molecule has 2 aromatic heterocycles.